The number of carbonyl (C=O) groups excluding carboxylic acids is 1. The Labute approximate surface area is 156 Å². The number of hydrogen-bond acceptors (Lipinski definition) is 5. The molecule has 2 saturated carbocycles. The van der Waals surface area contributed by atoms with Crippen molar-refractivity contribution in [3.63, 3.8) is 0 Å². The van der Waals surface area contributed by atoms with E-state index in [9.17, 15) is 15.0 Å². The highest BCUT2D eigenvalue weighted by molar-refractivity contribution is 5.90. The molecule has 5 heteroatoms. The summed E-state index contributed by atoms with van der Waals surface area (Å²) in [5.41, 5.74) is 1.24. The van der Waals surface area contributed by atoms with Gasteiger partial charge in [-0.3, -0.25) is 0 Å². The van der Waals surface area contributed by atoms with Gasteiger partial charge in [-0.05, 0) is 42.9 Å². The molecule has 0 radical (unpaired) electrons. The number of esters is 1. The van der Waals surface area contributed by atoms with Crippen LogP contribution in [0.2, 0.25) is 0 Å². The SMILES string of the molecule is C=C1CC[C@@H]2[C@](C)(CO)[C@H](O)CC[C@@]2(C)[C@@H]1C/C(OC)=C1/CCOC1=O. The zero-order valence-corrected chi connectivity index (χ0v) is 16.2. The van der Waals surface area contributed by atoms with Crippen LogP contribution in [0.3, 0.4) is 0 Å². The van der Waals surface area contributed by atoms with Gasteiger partial charge < -0.3 is 19.7 Å². The van der Waals surface area contributed by atoms with E-state index in [0.29, 0.717) is 37.2 Å². The van der Waals surface area contributed by atoms with Gasteiger partial charge in [-0.25, -0.2) is 4.79 Å². The van der Waals surface area contributed by atoms with Crippen LogP contribution in [0, 0.1) is 22.7 Å². The van der Waals surface area contributed by atoms with E-state index >= 15 is 0 Å². The molecule has 2 N–H and O–H groups in total. The van der Waals surface area contributed by atoms with Gasteiger partial charge in [0.15, 0.2) is 0 Å². The molecule has 3 fully saturated rings. The number of allylic oxidation sites excluding steroid dienone is 2. The van der Waals surface area contributed by atoms with Gasteiger partial charge in [0.25, 0.3) is 0 Å². The van der Waals surface area contributed by atoms with Crippen LogP contribution in [0.15, 0.2) is 23.5 Å². The highest BCUT2D eigenvalue weighted by Crippen LogP contribution is 2.62. The normalized spacial score (nSPS) is 42.3. The lowest BCUT2D eigenvalue weighted by Gasteiger charge is -2.60. The van der Waals surface area contributed by atoms with Crippen molar-refractivity contribution in [2.24, 2.45) is 22.7 Å². The molecular formula is C21H32O5. The molecular weight excluding hydrogens is 332 g/mol. The second-order valence-corrected chi connectivity index (χ2v) is 8.72. The maximum absolute atomic E-state index is 12.0. The first-order chi connectivity index (χ1) is 12.3. The molecule has 0 amide bonds. The fraction of sp³-hybridized carbons (Fsp3) is 0.762. The summed E-state index contributed by atoms with van der Waals surface area (Å²) >= 11 is 0. The smallest absolute Gasteiger partial charge is 0.337 e. The van der Waals surface area contributed by atoms with Gasteiger partial charge in [0.2, 0.25) is 0 Å². The standard InChI is InChI=1S/C21H32O5/c1-13-5-6-17-20(2,9-7-18(23)21(17,3)12-22)15(13)11-16(25-4)14-8-10-26-19(14)24/h15,17-18,22-23H,1,5-12H2,2-4H3/b16-14+/t15-,17+,18-,20+,21+/m1/s1. The van der Waals surface area contributed by atoms with Crippen molar-refractivity contribution in [1.29, 1.82) is 0 Å². The first kappa shape index (κ1) is 19.4. The molecule has 0 bridgehead atoms. The number of hydrogen-bond donors (Lipinski definition) is 2. The van der Waals surface area contributed by atoms with E-state index < -0.39 is 11.5 Å². The van der Waals surface area contributed by atoms with Crippen molar-refractivity contribution in [3.05, 3.63) is 23.5 Å². The van der Waals surface area contributed by atoms with E-state index in [0.717, 1.165) is 19.3 Å². The number of aliphatic hydroxyl groups excluding tert-OH is 2. The van der Waals surface area contributed by atoms with Crippen molar-refractivity contribution in [2.45, 2.75) is 58.5 Å². The van der Waals surface area contributed by atoms with Crippen LogP contribution in [0.25, 0.3) is 0 Å². The number of aliphatic hydroxyl groups is 2. The molecule has 0 unspecified atom stereocenters. The third-order valence-electron chi connectivity index (χ3n) is 7.50. The van der Waals surface area contributed by atoms with Crippen LogP contribution in [0.5, 0.6) is 0 Å². The summed E-state index contributed by atoms with van der Waals surface area (Å²) in [7, 11) is 1.61. The Balaban J connectivity index is 1.95. The van der Waals surface area contributed by atoms with Crippen molar-refractivity contribution in [2.75, 3.05) is 20.3 Å². The van der Waals surface area contributed by atoms with Crippen LogP contribution in [0.4, 0.5) is 0 Å². The molecule has 5 atom stereocenters. The average molecular weight is 364 g/mol. The monoisotopic (exact) mass is 364 g/mol. The first-order valence-electron chi connectivity index (χ1n) is 9.67. The minimum Gasteiger partial charge on any atom is -0.501 e. The molecule has 1 aliphatic heterocycles. The summed E-state index contributed by atoms with van der Waals surface area (Å²) in [5, 5.41) is 20.7. The zero-order chi connectivity index (χ0) is 19.1. The Morgan fingerprint density at radius 3 is 2.65 bits per heavy atom. The number of carbonyl (C=O) groups is 1. The van der Waals surface area contributed by atoms with Gasteiger partial charge in [0, 0.05) is 18.3 Å². The number of fused-ring (bicyclic) bond motifs is 1. The summed E-state index contributed by atoms with van der Waals surface area (Å²) in [4.78, 5) is 12.0. The van der Waals surface area contributed by atoms with Gasteiger partial charge in [-0.1, -0.05) is 26.0 Å². The van der Waals surface area contributed by atoms with Crippen LogP contribution in [-0.4, -0.2) is 42.6 Å². The lowest BCUT2D eigenvalue weighted by molar-refractivity contribution is -0.152. The molecule has 3 rings (SSSR count). The number of rotatable bonds is 4. The van der Waals surface area contributed by atoms with E-state index in [1.807, 2.05) is 6.92 Å². The minimum absolute atomic E-state index is 0.0157. The van der Waals surface area contributed by atoms with E-state index in [1.54, 1.807) is 7.11 Å². The molecule has 5 nitrogen and oxygen atoms in total. The number of methoxy groups -OCH3 is 1. The molecule has 0 aromatic carbocycles. The average Bonchev–Trinajstić information content (AvgIpc) is 3.04. The predicted octanol–water partition coefficient (Wildman–Crippen LogP) is 2.97. The van der Waals surface area contributed by atoms with Crippen molar-refractivity contribution in [1.82, 2.24) is 0 Å². The number of ether oxygens (including phenoxy) is 2. The Morgan fingerprint density at radius 2 is 2.08 bits per heavy atom. The van der Waals surface area contributed by atoms with Crippen LogP contribution < -0.4 is 0 Å². The maximum atomic E-state index is 12.0. The fourth-order valence-electron chi connectivity index (χ4n) is 5.78. The van der Waals surface area contributed by atoms with Crippen LogP contribution >= 0.6 is 0 Å². The topological polar surface area (TPSA) is 76.0 Å². The van der Waals surface area contributed by atoms with E-state index in [4.69, 9.17) is 9.47 Å². The van der Waals surface area contributed by atoms with Gasteiger partial charge in [0.1, 0.15) is 5.76 Å². The summed E-state index contributed by atoms with van der Waals surface area (Å²) < 4.78 is 10.7. The van der Waals surface area contributed by atoms with Crippen LogP contribution in [-0.2, 0) is 14.3 Å². The summed E-state index contributed by atoms with van der Waals surface area (Å²) in [6, 6.07) is 0. The maximum Gasteiger partial charge on any atom is 0.337 e. The summed E-state index contributed by atoms with van der Waals surface area (Å²) in [5.74, 6) is 0.801. The Hall–Kier alpha value is -1.33. The molecule has 26 heavy (non-hydrogen) atoms. The molecule has 0 spiro atoms. The molecule has 1 heterocycles. The van der Waals surface area contributed by atoms with Gasteiger partial charge in [-0.15, -0.1) is 0 Å². The van der Waals surface area contributed by atoms with Gasteiger partial charge in [0.05, 0.1) is 32.0 Å². The second kappa shape index (κ2) is 7.01. The summed E-state index contributed by atoms with van der Waals surface area (Å²) in [6.07, 6.45) is 4.11. The Morgan fingerprint density at radius 1 is 1.35 bits per heavy atom. The zero-order valence-electron chi connectivity index (χ0n) is 16.2. The molecule has 1 saturated heterocycles. The minimum atomic E-state index is -0.501. The molecule has 0 aromatic heterocycles. The fourth-order valence-corrected chi connectivity index (χ4v) is 5.78. The summed E-state index contributed by atoms with van der Waals surface area (Å²) in [6.45, 7) is 9.01. The quantitative estimate of drug-likeness (QED) is 0.347. The van der Waals surface area contributed by atoms with Gasteiger partial charge in [-0.2, -0.15) is 0 Å². The molecule has 3 aliphatic rings. The van der Waals surface area contributed by atoms with E-state index in [1.165, 1.54) is 5.57 Å². The largest absolute Gasteiger partial charge is 0.501 e. The van der Waals surface area contributed by atoms with Crippen LogP contribution in [0.1, 0.15) is 52.4 Å². The molecule has 146 valence electrons. The predicted molar refractivity (Wildman–Crippen MR) is 98.1 cm³/mol. The number of cyclic esters (lactones) is 1. The Bertz CT molecular complexity index is 624. The van der Waals surface area contributed by atoms with E-state index in [2.05, 4.69) is 13.5 Å². The van der Waals surface area contributed by atoms with Crippen molar-refractivity contribution in [3.8, 4) is 0 Å². The highest BCUT2D eigenvalue weighted by Gasteiger charge is 2.57. The molecule has 0 aromatic rings. The highest BCUT2D eigenvalue weighted by atomic mass is 16.5. The van der Waals surface area contributed by atoms with E-state index in [-0.39, 0.29) is 29.8 Å². The third kappa shape index (κ3) is 2.89. The Kier molecular flexibility index (Phi) is 5.24. The lowest BCUT2D eigenvalue weighted by Crippen LogP contribution is -2.57. The third-order valence-corrected chi connectivity index (χ3v) is 7.50. The molecule has 2 aliphatic carbocycles. The van der Waals surface area contributed by atoms with Gasteiger partial charge >= 0.3 is 5.97 Å². The lowest BCUT2D eigenvalue weighted by atomic mass is 9.46. The van der Waals surface area contributed by atoms with Crippen molar-refractivity contribution < 1.29 is 24.5 Å². The second-order valence-electron chi connectivity index (χ2n) is 8.72. The first-order valence-corrected chi connectivity index (χ1v) is 9.67. The van der Waals surface area contributed by atoms with Crippen molar-refractivity contribution >= 4 is 5.97 Å².